The van der Waals surface area contributed by atoms with E-state index in [0.717, 1.165) is 22.2 Å². The van der Waals surface area contributed by atoms with Gasteiger partial charge in [0.15, 0.2) is 0 Å². The first-order valence-corrected chi connectivity index (χ1v) is 7.83. The van der Waals surface area contributed by atoms with Crippen LogP contribution in [0.2, 0.25) is 5.02 Å². The number of ether oxygens (including phenoxy) is 1. The molecule has 0 fully saturated rings. The molecule has 2 nitrogen and oxygen atoms in total. The van der Waals surface area contributed by atoms with Crippen molar-refractivity contribution in [3.63, 3.8) is 0 Å². The summed E-state index contributed by atoms with van der Waals surface area (Å²) in [7, 11) is 0. The molecule has 0 saturated heterocycles. The molecule has 0 aliphatic rings. The number of fused-ring (bicyclic) bond motifs is 2. The van der Waals surface area contributed by atoms with Gasteiger partial charge >= 0.3 is 0 Å². The molecular weight excluding hydrogens is 306 g/mol. The molecular formula is C20H14ClNO. The minimum absolute atomic E-state index is 0.495. The second-order valence-corrected chi connectivity index (χ2v) is 5.78. The highest BCUT2D eigenvalue weighted by Gasteiger charge is 2.08. The highest BCUT2D eigenvalue weighted by molar-refractivity contribution is 6.35. The van der Waals surface area contributed by atoms with Crippen LogP contribution in [0.15, 0.2) is 72.9 Å². The number of nitrogens with zero attached hydrogens (tertiary/aromatic N) is 1. The first-order valence-electron chi connectivity index (χ1n) is 7.45. The van der Waals surface area contributed by atoms with Crippen LogP contribution in [-0.4, -0.2) is 4.98 Å². The lowest BCUT2D eigenvalue weighted by Crippen LogP contribution is -1.97. The van der Waals surface area contributed by atoms with Crippen LogP contribution in [0.3, 0.4) is 0 Å². The highest BCUT2D eigenvalue weighted by Crippen LogP contribution is 2.30. The zero-order valence-electron chi connectivity index (χ0n) is 12.4. The summed E-state index contributed by atoms with van der Waals surface area (Å²) in [6, 6.07) is 22.1. The van der Waals surface area contributed by atoms with E-state index in [9.17, 15) is 0 Å². The standard InChI is InChI=1S/C20H14ClNO/c21-18-10-11-19(20-17(18)9-4-12-22-20)23-13-15-7-3-6-14-5-1-2-8-16(14)15/h1-12H,13H2. The summed E-state index contributed by atoms with van der Waals surface area (Å²) in [6.45, 7) is 0.495. The number of halogens is 1. The third-order valence-corrected chi connectivity index (χ3v) is 4.27. The Bertz CT molecular complexity index is 992. The minimum atomic E-state index is 0.495. The van der Waals surface area contributed by atoms with Crippen molar-refractivity contribution in [3.8, 4) is 5.75 Å². The topological polar surface area (TPSA) is 22.1 Å². The molecule has 4 rings (SSSR count). The van der Waals surface area contributed by atoms with Gasteiger partial charge in [-0.1, -0.05) is 54.1 Å². The lowest BCUT2D eigenvalue weighted by molar-refractivity contribution is 0.311. The molecule has 0 bridgehead atoms. The molecule has 0 amide bonds. The van der Waals surface area contributed by atoms with Crippen LogP contribution >= 0.6 is 11.6 Å². The maximum absolute atomic E-state index is 6.23. The molecule has 1 aromatic heterocycles. The average Bonchev–Trinajstić information content (AvgIpc) is 2.61. The van der Waals surface area contributed by atoms with E-state index in [1.54, 1.807) is 6.20 Å². The largest absolute Gasteiger partial charge is 0.487 e. The normalized spacial score (nSPS) is 11.0. The first kappa shape index (κ1) is 14.0. The summed E-state index contributed by atoms with van der Waals surface area (Å²) in [5.41, 5.74) is 1.95. The number of rotatable bonds is 3. The lowest BCUT2D eigenvalue weighted by Gasteiger charge is -2.11. The summed E-state index contributed by atoms with van der Waals surface area (Å²) in [6.07, 6.45) is 1.75. The third-order valence-electron chi connectivity index (χ3n) is 3.94. The highest BCUT2D eigenvalue weighted by atomic mass is 35.5. The van der Waals surface area contributed by atoms with Gasteiger partial charge in [0.25, 0.3) is 0 Å². The molecule has 0 spiro atoms. The molecule has 112 valence electrons. The van der Waals surface area contributed by atoms with Crippen LogP contribution in [-0.2, 0) is 6.61 Å². The van der Waals surface area contributed by atoms with Crippen molar-refractivity contribution >= 4 is 33.3 Å². The van der Waals surface area contributed by atoms with Crippen molar-refractivity contribution in [2.24, 2.45) is 0 Å². The molecule has 0 saturated carbocycles. The Morgan fingerprint density at radius 1 is 0.826 bits per heavy atom. The second-order valence-electron chi connectivity index (χ2n) is 5.37. The van der Waals surface area contributed by atoms with Crippen molar-refractivity contribution in [1.29, 1.82) is 0 Å². The molecule has 4 aromatic rings. The number of hydrogen-bond donors (Lipinski definition) is 0. The van der Waals surface area contributed by atoms with Gasteiger partial charge in [-0.05, 0) is 40.6 Å². The van der Waals surface area contributed by atoms with Gasteiger partial charge < -0.3 is 4.74 Å². The van der Waals surface area contributed by atoms with Gasteiger partial charge in [-0.15, -0.1) is 0 Å². The first-order chi connectivity index (χ1) is 11.3. The van der Waals surface area contributed by atoms with Crippen LogP contribution in [0.25, 0.3) is 21.7 Å². The molecule has 0 unspecified atom stereocenters. The van der Waals surface area contributed by atoms with Gasteiger partial charge in [-0.2, -0.15) is 0 Å². The molecule has 0 radical (unpaired) electrons. The van der Waals surface area contributed by atoms with Gasteiger partial charge in [0, 0.05) is 11.6 Å². The molecule has 23 heavy (non-hydrogen) atoms. The lowest BCUT2D eigenvalue weighted by atomic mass is 10.1. The second kappa shape index (κ2) is 5.90. The van der Waals surface area contributed by atoms with Gasteiger partial charge in [0.1, 0.15) is 17.9 Å². The minimum Gasteiger partial charge on any atom is -0.487 e. The third kappa shape index (κ3) is 2.62. The zero-order chi connectivity index (χ0) is 15.6. The van der Waals surface area contributed by atoms with E-state index in [4.69, 9.17) is 16.3 Å². The van der Waals surface area contributed by atoms with Crippen molar-refractivity contribution in [2.75, 3.05) is 0 Å². The smallest absolute Gasteiger partial charge is 0.146 e. The SMILES string of the molecule is Clc1ccc(OCc2cccc3ccccc23)c2ncccc12. The van der Waals surface area contributed by atoms with Crippen LogP contribution < -0.4 is 4.74 Å². The van der Waals surface area contributed by atoms with Gasteiger partial charge in [0.2, 0.25) is 0 Å². The van der Waals surface area contributed by atoms with Crippen molar-refractivity contribution in [1.82, 2.24) is 4.98 Å². The number of aromatic nitrogens is 1. The fourth-order valence-corrected chi connectivity index (χ4v) is 3.02. The zero-order valence-corrected chi connectivity index (χ0v) is 13.1. The Labute approximate surface area is 139 Å². The van der Waals surface area contributed by atoms with E-state index in [-0.39, 0.29) is 0 Å². The monoisotopic (exact) mass is 319 g/mol. The Morgan fingerprint density at radius 3 is 2.61 bits per heavy atom. The van der Waals surface area contributed by atoms with E-state index in [2.05, 4.69) is 35.3 Å². The fourth-order valence-electron chi connectivity index (χ4n) is 2.80. The van der Waals surface area contributed by atoms with Crippen LogP contribution in [0, 0.1) is 0 Å². The van der Waals surface area contributed by atoms with E-state index < -0.39 is 0 Å². The molecule has 0 N–H and O–H groups in total. The maximum Gasteiger partial charge on any atom is 0.146 e. The summed E-state index contributed by atoms with van der Waals surface area (Å²) in [5, 5.41) is 4.02. The predicted molar refractivity (Wildman–Crippen MR) is 95.0 cm³/mol. The summed E-state index contributed by atoms with van der Waals surface area (Å²) in [5.74, 6) is 0.748. The summed E-state index contributed by atoms with van der Waals surface area (Å²) < 4.78 is 6.05. The molecule has 3 heteroatoms. The fraction of sp³-hybridized carbons (Fsp3) is 0.0500. The van der Waals surface area contributed by atoms with E-state index >= 15 is 0 Å². The van der Waals surface area contributed by atoms with Crippen molar-refractivity contribution in [3.05, 3.63) is 83.5 Å². The Kier molecular flexibility index (Phi) is 3.60. The van der Waals surface area contributed by atoms with Crippen molar-refractivity contribution < 1.29 is 4.74 Å². The number of benzene rings is 3. The predicted octanol–water partition coefficient (Wildman–Crippen LogP) is 5.62. The van der Waals surface area contributed by atoms with Crippen LogP contribution in [0.4, 0.5) is 0 Å². The Hall–Kier alpha value is -2.58. The average molecular weight is 320 g/mol. The summed E-state index contributed by atoms with van der Waals surface area (Å²) in [4.78, 5) is 4.41. The van der Waals surface area contributed by atoms with Crippen molar-refractivity contribution in [2.45, 2.75) is 6.61 Å². The van der Waals surface area contributed by atoms with Gasteiger partial charge in [0.05, 0.1) is 5.02 Å². The summed E-state index contributed by atoms with van der Waals surface area (Å²) >= 11 is 6.23. The van der Waals surface area contributed by atoms with Gasteiger partial charge in [-0.3, -0.25) is 4.98 Å². The van der Waals surface area contributed by atoms with E-state index in [1.807, 2.05) is 36.4 Å². The number of hydrogen-bond acceptors (Lipinski definition) is 2. The number of pyridine rings is 1. The van der Waals surface area contributed by atoms with Crippen LogP contribution in [0.5, 0.6) is 5.75 Å². The molecule has 3 aromatic carbocycles. The maximum atomic E-state index is 6.23. The van der Waals surface area contributed by atoms with Gasteiger partial charge in [-0.25, -0.2) is 0 Å². The Balaban J connectivity index is 1.71. The molecule has 1 heterocycles. The molecule has 0 atom stereocenters. The van der Waals surface area contributed by atoms with E-state index in [0.29, 0.717) is 11.6 Å². The van der Waals surface area contributed by atoms with Crippen LogP contribution in [0.1, 0.15) is 5.56 Å². The Morgan fingerprint density at radius 2 is 1.65 bits per heavy atom. The van der Waals surface area contributed by atoms with E-state index in [1.165, 1.54) is 10.8 Å². The molecule has 0 aliphatic carbocycles. The quantitative estimate of drug-likeness (QED) is 0.489. The molecule has 0 aliphatic heterocycles.